The summed E-state index contributed by atoms with van der Waals surface area (Å²) >= 11 is -0.740. The quantitative estimate of drug-likeness (QED) is 0.116. The molecule has 0 bridgehead atoms. The molecular formula is C38H46N2O6Pb+4. The zero-order valence-corrected chi connectivity index (χ0v) is 31.3. The molecule has 0 saturated heterocycles. The minimum atomic E-state index is -0.747. The van der Waals surface area contributed by atoms with Crippen LogP contribution >= 0.6 is 0 Å². The maximum absolute atomic E-state index is 11.8. The third-order valence-electron chi connectivity index (χ3n) is 6.56. The number of carbonyl (C=O) groups excluding carboxylic acids is 2. The van der Waals surface area contributed by atoms with Crippen molar-refractivity contribution in [2.24, 2.45) is 11.8 Å². The second-order valence-corrected chi connectivity index (χ2v) is 17.1. The van der Waals surface area contributed by atoms with Crippen molar-refractivity contribution >= 4 is 54.2 Å². The van der Waals surface area contributed by atoms with E-state index in [0.717, 1.165) is 0 Å². The minimum absolute atomic E-state index is 0.255. The van der Waals surface area contributed by atoms with E-state index in [1.807, 2.05) is 39.8 Å². The average Bonchev–Trinajstić information content (AvgIpc) is 3.06. The molecule has 8 nitrogen and oxygen atoms in total. The predicted molar refractivity (Wildman–Crippen MR) is 191 cm³/mol. The molecule has 0 heterocycles. The van der Waals surface area contributed by atoms with Gasteiger partial charge in [-0.2, -0.15) is 0 Å². The van der Waals surface area contributed by atoms with Crippen molar-refractivity contribution in [3.63, 3.8) is 0 Å². The fourth-order valence-corrected chi connectivity index (χ4v) is 8.36. The number of hydrogen-bond donors (Lipinski definition) is 4. The molecule has 0 aromatic heterocycles. The van der Waals surface area contributed by atoms with Crippen LogP contribution in [-0.2, 0) is 0 Å². The molecule has 47 heavy (non-hydrogen) atoms. The van der Waals surface area contributed by atoms with Crippen LogP contribution in [0.15, 0.2) is 121 Å². The Morgan fingerprint density at radius 1 is 0.553 bits per heavy atom. The number of nitrogens with one attached hydrogen (secondary N) is 2. The number of benzene rings is 4. The second-order valence-electron chi connectivity index (χ2n) is 11.6. The van der Waals surface area contributed by atoms with Crippen LogP contribution in [-0.4, -0.2) is 79.9 Å². The van der Waals surface area contributed by atoms with Crippen molar-refractivity contribution in [2.45, 2.75) is 52.6 Å². The van der Waals surface area contributed by atoms with Crippen LogP contribution in [0.25, 0.3) is 0 Å². The summed E-state index contributed by atoms with van der Waals surface area (Å²) in [4.78, 5) is 41.8. The molecule has 0 aliphatic heterocycles. The summed E-state index contributed by atoms with van der Waals surface area (Å²) in [5.74, 6) is -1.60. The van der Waals surface area contributed by atoms with Gasteiger partial charge in [-0.3, -0.25) is 9.59 Å². The van der Waals surface area contributed by atoms with Gasteiger partial charge in [0, 0.05) is 11.1 Å². The molecule has 0 saturated carbocycles. The van der Waals surface area contributed by atoms with Crippen LogP contribution < -0.4 is 16.9 Å². The molecule has 2 unspecified atom stereocenters. The molecule has 9 heteroatoms. The Bertz CT molecular complexity index is 1390. The summed E-state index contributed by atoms with van der Waals surface area (Å²) in [6, 6.07) is 37.6. The Labute approximate surface area is 289 Å². The van der Waals surface area contributed by atoms with Crippen LogP contribution in [0.5, 0.6) is 0 Å². The van der Waals surface area contributed by atoms with Gasteiger partial charge < -0.3 is 30.4 Å². The molecule has 244 valence electrons. The van der Waals surface area contributed by atoms with E-state index in [-0.39, 0.29) is 23.7 Å². The van der Waals surface area contributed by atoms with E-state index in [1.165, 1.54) is 0 Å². The number of amides is 2. The van der Waals surface area contributed by atoms with Gasteiger partial charge >= 0.3 is 103 Å². The van der Waals surface area contributed by atoms with Crippen molar-refractivity contribution in [1.29, 1.82) is 0 Å². The van der Waals surface area contributed by atoms with Crippen molar-refractivity contribution in [3.05, 3.63) is 132 Å². The summed E-state index contributed by atoms with van der Waals surface area (Å²) in [5, 5.41) is 23.4. The fourth-order valence-electron chi connectivity index (χ4n) is 4.27. The molecule has 2 amide bonds. The van der Waals surface area contributed by atoms with Crippen LogP contribution in [0.1, 0.15) is 61.3 Å². The number of carboxylic acid groups (broad SMARTS) is 2. The summed E-state index contributed by atoms with van der Waals surface area (Å²) in [7, 11) is 0. The maximum atomic E-state index is 11.8. The Balaban J connectivity index is 0.000000247. The molecule has 2 atom stereocenters. The topological polar surface area (TPSA) is 141 Å². The fraction of sp³-hybridized carbons (Fsp3) is 0.263. The number of rotatable bonds is 12. The first kappa shape index (κ1) is 38.9. The van der Waals surface area contributed by atoms with Gasteiger partial charge in [0.2, 0.25) is 0 Å². The Morgan fingerprint density at radius 2 is 0.830 bits per heavy atom. The molecule has 0 radical (unpaired) electrons. The molecule has 6 N–H and O–H groups in total. The molecule has 0 spiro atoms. The van der Waals surface area contributed by atoms with Crippen LogP contribution in [0.3, 0.4) is 0 Å². The van der Waals surface area contributed by atoms with Crippen molar-refractivity contribution in [1.82, 2.24) is 10.6 Å². The normalized spacial score (nSPS) is 11.4. The molecule has 0 aliphatic rings. The number of aliphatic carboxylic acids is 2. The molecule has 0 aliphatic carbocycles. The SMILES string of the molecule is CC(C)CC(NC(=O)c1ccccc1)C(O)=[OH+].CC(C)CC(NC(=O)c1ccccc1)C(O)=[OH+].c1cc[c]([Pb+2][c]2ccccc2)cc1. The Hall–Kier alpha value is -4.32. The first-order valence-electron chi connectivity index (χ1n) is 15.5. The van der Waals surface area contributed by atoms with E-state index < -0.39 is 48.3 Å². The summed E-state index contributed by atoms with van der Waals surface area (Å²) in [5.41, 5.74) is 1.00. The van der Waals surface area contributed by atoms with Gasteiger partial charge in [-0.05, 0) is 48.9 Å². The van der Waals surface area contributed by atoms with Gasteiger partial charge in [0.15, 0.2) is 12.1 Å². The number of aliphatic hydroxyl groups excluding tert-OH is 2. The zero-order chi connectivity index (χ0) is 34.6. The molecule has 4 aromatic carbocycles. The third kappa shape index (κ3) is 16.2. The predicted octanol–water partition coefficient (Wildman–Crippen LogP) is 5.12. The van der Waals surface area contributed by atoms with E-state index >= 15 is 0 Å². The van der Waals surface area contributed by atoms with Crippen molar-refractivity contribution in [3.8, 4) is 0 Å². The van der Waals surface area contributed by atoms with Gasteiger partial charge in [-0.15, -0.1) is 0 Å². The van der Waals surface area contributed by atoms with Crippen LogP contribution in [0.4, 0.5) is 0 Å². The molecule has 4 rings (SSSR count). The summed E-state index contributed by atoms with van der Waals surface area (Å²) in [6.07, 6.45) is 0.974. The van der Waals surface area contributed by atoms with Crippen LogP contribution in [0.2, 0.25) is 0 Å². The third-order valence-corrected chi connectivity index (χ3v) is 11.4. The monoisotopic (exact) mass is 834 g/mol. The summed E-state index contributed by atoms with van der Waals surface area (Å²) < 4.78 is 3.13. The van der Waals surface area contributed by atoms with Gasteiger partial charge in [0.25, 0.3) is 11.8 Å². The van der Waals surface area contributed by atoms with E-state index in [0.29, 0.717) is 24.0 Å². The molecular weight excluding hydrogens is 788 g/mol. The number of carboxylic acids is 2. The van der Waals surface area contributed by atoms with Gasteiger partial charge in [0.1, 0.15) is 0 Å². The van der Waals surface area contributed by atoms with E-state index in [9.17, 15) is 9.59 Å². The first-order valence-corrected chi connectivity index (χ1v) is 19.4. The summed E-state index contributed by atoms with van der Waals surface area (Å²) in [6.45, 7) is 7.80. The van der Waals surface area contributed by atoms with Gasteiger partial charge in [0.05, 0.1) is 0 Å². The van der Waals surface area contributed by atoms with Crippen molar-refractivity contribution in [2.75, 3.05) is 0 Å². The zero-order valence-electron chi connectivity index (χ0n) is 27.4. The van der Waals surface area contributed by atoms with E-state index in [4.69, 9.17) is 19.8 Å². The first-order chi connectivity index (χ1) is 22.5. The van der Waals surface area contributed by atoms with Gasteiger partial charge in [-0.25, -0.2) is 0 Å². The van der Waals surface area contributed by atoms with Crippen LogP contribution in [0, 0.1) is 11.8 Å². The van der Waals surface area contributed by atoms with Crippen molar-refractivity contribution < 1.29 is 29.4 Å². The Morgan fingerprint density at radius 3 is 1.09 bits per heavy atom. The van der Waals surface area contributed by atoms with E-state index in [1.54, 1.807) is 54.8 Å². The van der Waals surface area contributed by atoms with E-state index in [2.05, 4.69) is 71.3 Å². The number of carbonyl (C=O) groups is 2. The standard InChI is InChI=1S/2C13H17NO3.2C6H5.Pb/c2*1-9(2)8-11(13(16)17)14-12(15)10-6-4-3-5-7-10;2*1-2-4-6-5-3-1;/h2*3-7,9,11H,8H2,1-2H3,(H,14,15)(H,16,17);2*1-5H;/q;;;;+2/p+2. The van der Waals surface area contributed by atoms with Gasteiger partial charge in [-0.1, -0.05) is 64.1 Å². The average molecular weight is 834 g/mol. The molecule has 0 fully saturated rings. The Kier molecular flexibility index (Phi) is 17.8. The number of hydrogen-bond acceptors (Lipinski definition) is 2. The molecule has 4 aromatic rings. The second kappa shape index (κ2) is 21.5.